The Morgan fingerprint density at radius 3 is 1.62 bits per heavy atom. The highest BCUT2D eigenvalue weighted by Gasteiger charge is 2.25. The molecule has 0 bridgehead atoms. The predicted molar refractivity (Wildman–Crippen MR) is 31.5 cm³/mol. The van der Waals surface area contributed by atoms with Gasteiger partial charge in [-0.25, -0.2) is 8.78 Å². The Labute approximate surface area is 53.7 Å². The predicted octanol–water partition coefficient (Wildman–Crippen LogP) is 1.41. The van der Waals surface area contributed by atoms with Gasteiger partial charge in [-0.1, -0.05) is 0 Å². The molecule has 4 heteroatoms. The van der Waals surface area contributed by atoms with Gasteiger partial charge in [-0.2, -0.15) is 0 Å². The molecule has 0 aromatic carbocycles. The number of alkyl halides is 2. The highest BCUT2D eigenvalue weighted by Crippen LogP contribution is 2.13. The van der Waals surface area contributed by atoms with Crippen LogP contribution < -0.4 is 5.73 Å². The van der Waals surface area contributed by atoms with Crippen LogP contribution in [0.1, 0.15) is 13.8 Å². The maximum atomic E-state index is 11.7. The maximum Gasteiger partial charge on any atom is 0.259 e. The van der Waals surface area contributed by atoms with E-state index in [0.717, 1.165) is 6.92 Å². The van der Waals surface area contributed by atoms with Gasteiger partial charge in [-0.3, -0.25) is 0 Å². The fourth-order valence-electron chi connectivity index (χ4n) is 0. The van der Waals surface area contributed by atoms with Gasteiger partial charge in [-0.15, -0.1) is 12.4 Å². The molecular weight excluding hydrogens is 136 g/mol. The molecule has 0 aliphatic rings. The van der Waals surface area contributed by atoms with Crippen LogP contribution in [0.3, 0.4) is 0 Å². The van der Waals surface area contributed by atoms with Crippen LogP contribution in [-0.4, -0.2) is 12.0 Å². The fourth-order valence-corrected chi connectivity index (χ4v) is 0. The molecule has 0 aliphatic heterocycles. The Morgan fingerprint density at radius 2 is 1.62 bits per heavy atom. The molecule has 0 aliphatic carbocycles. The van der Waals surface area contributed by atoms with E-state index in [-0.39, 0.29) is 12.4 Å². The van der Waals surface area contributed by atoms with Gasteiger partial charge in [0.05, 0.1) is 6.04 Å². The van der Waals surface area contributed by atoms with Crippen LogP contribution in [0.4, 0.5) is 8.78 Å². The van der Waals surface area contributed by atoms with E-state index < -0.39 is 12.0 Å². The summed E-state index contributed by atoms with van der Waals surface area (Å²) >= 11 is 0. The van der Waals surface area contributed by atoms with Gasteiger partial charge in [0.25, 0.3) is 5.92 Å². The summed E-state index contributed by atoms with van der Waals surface area (Å²) in [7, 11) is 0. The summed E-state index contributed by atoms with van der Waals surface area (Å²) in [5.41, 5.74) is 4.82. The number of halogens is 3. The van der Waals surface area contributed by atoms with E-state index in [0.29, 0.717) is 0 Å². The van der Waals surface area contributed by atoms with Crippen LogP contribution in [-0.2, 0) is 0 Å². The van der Waals surface area contributed by atoms with Crippen molar-refractivity contribution in [3.8, 4) is 0 Å². The first-order valence-electron chi connectivity index (χ1n) is 2.08. The first kappa shape index (κ1) is 11.0. The topological polar surface area (TPSA) is 26.0 Å². The van der Waals surface area contributed by atoms with Gasteiger partial charge in [-0.05, 0) is 6.92 Å². The van der Waals surface area contributed by atoms with Crippen LogP contribution >= 0.6 is 12.4 Å². The molecule has 1 unspecified atom stereocenters. The van der Waals surface area contributed by atoms with Gasteiger partial charge >= 0.3 is 0 Å². The van der Waals surface area contributed by atoms with Crippen molar-refractivity contribution in [3.05, 3.63) is 0 Å². The molecule has 0 saturated heterocycles. The minimum absolute atomic E-state index is 0. The Bertz CT molecular complexity index is 59.5. The van der Waals surface area contributed by atoms with Crippen molar-refractivity contribution in [1.29, 1.82) is 0 Å². The normalized spacial score (nSPS) is 14.6. The van der Waals surface area contributed by atoms with Crippen LogP contribution in [0.2, 0.25) is 0 Å². The van der Waals surface area contributed by atoms with Gasteiger partial charge in [0.2, 0.25) is 0 Å². The lowest BCUT2D eigenvalue weighted by atomic mass is 10.2. The summed E-state index contributed by atoms with van der Waals surface area (Å²) in [5, 5.41) is 0. The Hall–Kier alpha value is 0.110. The third kappa shape index (κ3) is 4.27. The van der Waals surface area contributed by atoms with E-state index in [9.17, 15) is 8.78 Å². The zero-order valence-corrected chi connectivity index (χ0v) is 5.64. The lowest BCUT2D eigenvalue weighted by Crippen LogP contribution is -2.34. The summed E-state index contributed by atoms with van der Waals surface area (Å²) in [6, 6.07) is -1.03. The van der Waals surface area contributed by atoms with Gasteiger partial charge in [0.1, 0.15) is 0 Å². The average Bonchev–Trinajstić information content (AvgIpc) is 1.31. The smallest absolute Gasteiger partial charge is 0.259 e. The highest BCUT2D eigenvalue weighted by molar-refractivity contribution is 5.85. The minimum atomic E-state index is -2.72. The second kappa shape index (κ2) is 3.20. The third-order valence-electron chi connectivity index (χ3n) is 0.800. The Balaban J connectivity index is 0. The molecule has 8 heavy (non-hydrogen) atoms. The molecular formula is C4H10ClF2N. The van der Waals surface area contributed by atoms with E-state index >= 15 is 0 Å². The summed E-state index contributed by atoms with van der Waals surface area (Å²) in [4.78, 5) is 0. The van der Waals surface area contributed by atoms with Crippen molar-refractivity contribution in [2.45, 2.75) is 25.8 Å². The lowest BCUT2D eigenvalue weighted by molar-refractivity contribution is 0.000499. The van der Waals surface area contributed by atoms with Gasteiger partial charge < -0.3 is 5.73 Å². The number of rotatable bonds is 1. The Morgan fingerprint density at radius 1 is 1.50 bits per heavy atom. The average molecular weight is 146 g/mol. The summed E-state index contributed by atoms with van der Waals surface area (Å²) in [6.07, 6.45) is 0. The third-order valence-corrected chi connectivity index (χ3v) is 0.800. The first-order valence-corrected chi connectivity index (χ1v) is 2.08. The molecule has 0 radical (unpaired) electrons. The monoisotopic (exact) mass is 145 g/mol. The van der Waals surface area contributed by atoms with E-state index in [2.05, 4.69) is 0 Å². The molecule has 2 N–H and O–H groups in total. The van der Waals surface area contributed by atoms with Gasteiger partial charge in [0.15, 0.2) is 0 Å². The lowest BCUT2D eigenvalue weighted by Gasteiger charge is -2.12. The minimum Gasteiger partial charge on any atom is -0.323 e. The van der Waals surface area contributed by atoms with Crippen molar-refractivity contribution >= 4 is 12.4 Å². The van der Waals surface area contributed by atoms with Crippen molar-refractivity contribution in [2.75, 3.05) is 0 Å². The molecule has 0 rings (SSSR count). The summed E-state index contributed by atoms with van der Waals surface area (Å²) in [6.45, 7) is 2.08. The molecule has 1 nitrogen and oxygen atoms in total. The van der Waals surface area contributed by atoms with E-state index in [4.69, 9.17) is 5.73 Å². The van der Waals surface area contributed by atoms with Crippen LogP contribution in [0.15, 0.2) is 0 Å². The molecule has 0 saturated carbocycles. The Kier molecular flexibility index (Phi) is 4.39. The standard InChI is InChI=1S/C4H9F2N.ClH/c1-3(7)4(2,5)6;/h3H,7H2,1-2H3;1H. The quantitative estimate of drug-likeness (QED) is 0.593. The molecule has 52 valence electrons. The van der Waals surface area contributed by atoms with Crippen molar-refractivity contribution in [3.63, 3.8) is 0 Å². The molecule has 0 amide bonds. The molecule has 0 aromatic heterocycles. The SMILES string of the molecule is CC(N)C(C)(F)F.Cl. The fraction of sp³-hybridized carbons (Fsp3) is 1.00. The number of hydrogen-bond acceptors (Lipinski definition) is 1. The van der Waals surface area contributed by atoms with Crippen LogP contribution in [0.25, 0.3) is 0 Å². The molecule has 0 spiro atoms. The zero-order valence-electron chi connectivity index (χ0n) is 4.82. The van der Waals surface area contributed by atoms with Crippen molar-refractivity contribution < 1.29 is 8.78 Å². The number of hydrogen-bond donors (Lipinski definition) is 1. The molecule has 0 heterocycles. The molecule has 0 fully saturated rings. The number of nitrogens with two attached hydrogens (primary N) is 1. The molecule has 1 atom stereocenters. The van der Waals surface area contributed by atoms with Crippen molar-refractivity contribution in [1.82, 2.24) is 0 Å². The molecule has 0 aromatic rings. The first-order chi connectivity index (χ1) is 2.94. The zero-order chi connectivity index (χ0) is 6.08. The van der Waals surface area contributed by atoms with E-state index in [1.807, 2.05) is 0 Å². The second-order valence-corrected chi connectivity index (χ2v) is 1.74. The van der Waals surface area contributed by atoms with Crippen LogP contribution in [0.5, 0.6) is 0 Å². The summed E-state index contributed by atoms with van der Waals surface area (Å²) in [5.74, 6) is -2.72. The highest BCUT2D eigenvalue weighted by atomic mass is 35.5. The maximum absolute atomic E-state index is 11.7. The van der Waals surface area contributed by atoms with E-state index in [1.165, 1.54) is 6.92 Å². The second-order valence-electron chi connectivity index (χ2n) is 1.74. The van der Waals surface area contributed by atoms with E-state index in [1.54, 1.807) is 0 Å². The van der Waals surface area contributed by atoms with Crippen molar-refractivity contribution in [2.24, 2.45) is 5.73 Å². The van der Waals surface area contributed by atoms with Crippen LogP contribution in [0, 0.1) is 0 Å². The van der Waals surface area contributed by atoms with Gasteiger partial charge in [0, 0.05) is 6.92 Å². The summed E-state index contributed by atoms with van der Waals surface area (Å²) < 4.78 is 23.4. The largest absolute Gasteiger partial charge is 0.323 e.